The third-order valence-electron chi connectivity index (χ3n) is 4.90. The molecule has 1 amide bonds. The van der Waals surface area contributed by atoms with E-state index in [-0.39, 0.29) is 12.5 Å². The number of hydrogen-bond acceptors (Lipinski definition) is 4. The van der Waals surface area contributed by atoms with E-state index in [1.807, 2.05) is 50.5 Å². The minimum absolute atomic E-state index is 0.251. The minimum Gasteiger partial charge on any atom is -0.462 e. The average Bonchev–Trinajstić information content (AvgIpc) is 3.08. The highest BCUT2D eigenvalue weighted by Gasteiger charge is 2.25. The second-order valence-electron chi connectivity index (χ2n) is 6.54. The number of aryl methyl sites for hydroxylation is 3. The van der Waals surface area contributed by atoms with Gasteiger partial charge in [-0.1, -0.05) is 11.6 Å². The Morgan fingerprint density at radius 2 is 1.89 bits per heavy atom. The summed E-state index contributed by atoms with van der Waals surface area (Å²) < 4.78 is 7.14. The molecule has 1 N–H and O–H groups in total. The Kier molecular flexibility index (Phi) is 5.82. The first kappa shape index (κ1) is 20.4. The number of fused-ring (bicyclic) bond motifs is 1. The van der Waals surface area contributed by atoms with Crippen LogP contribution in [-0.4, -0.2) is 23.1 Å². The fourth-order valence-corrected chi connectivity index (χ4v) is 4.66. The summed E-state index contributed by atoms with van der Waals surface area (Å²) in [5, 5.41) is 5.04. The van der Waals surface area contributed by atoms with E-state index < -0.39 is 5.97 Å². The second kappa shape index (κ2) is 7.97. The van der Waals surface area contributed by atoms with Crippen molar-refractivity contribution in [2.75, 3.05) is 11.9 Å². The number of anilines is 1. The van der Waals surface area contributed by atoms with E-state index in [4.69, 9.17) is 16.3 Å². The number of esters is 1. The number of thiophene rings is 1. The van der Waals surface area contributed by atoms with Crippen LogP contribution in [0.5, 0.6) is 0 Å². The van der Waals surface area contributed by atoms with E-state index in [1.54, 1.807) is 6.92 Å². The summed E-state index contributed by atoms with van der Waals surface area (Å²) in [4.78, 5) is 26.6. The number of amides is 1. The molecule has 0 saturated heterocycles. The van der Waals surface area contributed by atoms with Crippen molar-refractivity contribution in [2.24, 2.45) is 0 Å². The topological polar surface area (TPSA) is 60.3 Å². The Balaban J connectivity index is 2.07. The van der Waals surface area contributed by atoms with Crippen LogP contribution in [-0.2, 0) is 11.3 Å². The molecule has 5 nitrogen and oxygen atoms in total. The number of benzene rings is 1. The Morgan fingerprint density at radius 3 is 2.54 bits per heavy atom. The number of nitrogens with one attached hydrogen (secondary N) is 1. The van der Waals surface area contributed by atoms with Gasteiger partial charge in [-0.3, -0.25) is 4.79 Å². The van der Waals surface area contributed by atoms with Gasteiger partial charge in [-0.2, -0.15) is 0 Å². The molecule has 0 aliphatic heterocycles. The molecule has 2 aromatic heterocycles. The van der Waals surface area contributed by atoms with Crippen LogP contribution in [0, 0.1) is 20.8 Å². The van der Waals surface area contributed by atoms with Crippen LogP contribution in [0.15, 0.2) is 18.2 Å². The van der Waals surface area contributed by atoms with Gasteiger partial charge >= 0.3 is 5.97 Å². The van der Waals surface area contributed by atoms with Crippen LogP contribution in [0.25, 0.3) is 10.9 Å². The average molecular weight is 419 g/mol. The molecular weight excluding hydrogens is 396 g/mol. The van der Waals surface area contributed by atoms with E-state index >= 15 is 0 Å². The first-order valence-corrected chi connectivity index (χ1v) is 10.4. The van der Waals surface area contributed by atoms with Gasteiger partial charge in [-0.15, -0.1) is 11.3 Å². The van der Waals surface area contributed by atoms with Crippen molar-refractivity contribution in [3.05, 3.63) is 50.5 Å². The highest BCUT2D eigenvalue weighted by Crippen LogP contribution is 2.34. The lowest BCUT2D eigenvalue weighted by molar-refractivity contribution is 0.0527. The predicted octanol–water partition coefficient (Wildman–Crippen LogP) is 5.73. The lowest BCUT2D eigenvalue weighted by atomic mass is 10.1. The van der Waals surface area contributed by atoms with Crippen molar-refractivity contribution in [1.29, 1.82) is 0 Å². The monoisotopic (exact) mass is 418 g/mol. The number of carbonyl (C=O) groups excluding carboxylic acids is 2. The number of rotatable bonds is 5. The van der Waals surface area contributed by atoms with Crippen molar-refractivity contribution in [3.8, 4) is 0 Å². The van der Waals surface area contributed by atoms with Gasteiger partial charge in [-0.25, -0.2) is 4.79 Å². The molecule has 0 bridgehead atoms. The first-order valence-electron chi connectivity index (χ1n) is 9.16. The summed E-state index contributed by atoms with van der Waals surface area (Å²) in [6.45, 7) is 10.4. The summed E-state index contributed by atoms with van der Waals surface area (Å²) in [7, 11) is 0. The summed E-state index contributed by atoms with van der Waals surface area (Å²) in [5.41, 5.74) is 3.65. The van der Waals surface area contributed by atoms with E-state index in [0.717, 1.165) is 26.9 Å². The molecule has 0 spiro atoms. The third-order valence-corrected chi connectivity index (χ3v) is 6.26. The summed E-state index contributed by atoms with van der Waals surface area (Å²) in [5.74, 6) is -0.669. The van der Waals surface area contributed by atoms with E-state index in [0.29, 0.717) is 27.8 Å². The normalized spacial score (nSPS) is 11.1. The maximum atomic E-state index is 13.2. The number of ether oxygens (including phenoxy) is 1. The van der Waals surface area contributed by atoms with Gasteiger partial charge in [0.05, 0.1) is 12.2 Å². The van der Waals surface area contributed by atoms with Crippen LogP contribution in [0.4, 0.5) is 5.00 Å². The van der Waals surface area contributed by atoms with E-state index in [9.17, 15) is 9.59 Å². The van der Waals surface area contributed by atoms with Crippen molar-refractivity contribution in [2.45, 2.75) is 41.2 Å². The van der Waals surface area contributed by atoms with Crippen molar-refractivity contribution in [1.82, 2.24) is 4.57 Å². The molecule has 0 saturated carbocycles. The Morgan fingerprint density at radius 1 is 1.18 bits per heavy atom. The molecule has 3 rings (SSSR count). The molecule has 0 atom stereocenters. The maximum Gasteiger partial charge on any atom is 0.341 e. The van der Waals surface area contributed by atoms with Crippen molar-refractivity contribution >= 4 is 50.7 Å². The fraction of sp³-hybridized carbons (Fsp3) is 0.333. The van der Waals surface area contributed by atoms with Gasteiger partial charge in [0.1, 0.15) is 10.7 Å². The first-order chi connectivity index (χ1) is 13.3. The Bertz CT molecular complexity index is 1080. The predicted molar refractivity (Wildman–Crippen MR) is 115 cm³/mol. The summed E-state index contributed by atoms with van der Waals surface area (Å²) >= 11 is 7.53. The Hall–Kier alpha value is -2.31. The zero-order valence-electron chi connectivity index (χ0n) is 16.6. The van der Waals surface area contributed by atoms with Gasteiger partial charge in [0, 0.05) is 27.3 Å². The lowest BCUT2D eigenvalue weighted by Crippen LogP contribution is -2.19. The van der Waals surface area contributed by atoms with Crippen LogP contribution in [0.3, 0.4) is 0 Å². The van der Waals surface area contributed by atoms with Crippen LogP contribution >= 0.6 is 22.9 Å². The largest absolute Gasteiger partial charge is 0.462 e. The molecule has 1 aromatic carbocycles. The lowest BCUT2D eigenvalue weighted by Gasteiger charge is -2.10. The molecule has 0 unspecified atom stereocenters. The SMILES string of the molecule is CCOC(=O)c1c(NC(=O)c2c(C)c3cc(Cl)ccc3n2CC)sc(C)c1C. The molecule has 148 valence electrons. The molecule has 0 fully saturated rings. The quantitative estimate of drug-likeness (QED) is 0.538. The third kappa shape index (κ3) is 3.42. The highest BCUT2D eigenvalue weighted by atomic mass is 35.5. The second-order valence-corrected chi connectivity index (χ2v) is 8.20. The fourth-order valence-electron chi connectivity index (χ4n) is 3.44. The molecule has 3 aromatic rings. The van der Waals surface area contributed by atoms with Gasteiger partial charge in [0.15, 0.2) is 0 Å². The maximum absolute atomic E-state index is 13.2. The number of hydrogen-bond donors (Lipinski definition) is 1. The van der Waals surface area contributed by atoms with Gasteiger partial charge in [0.2, 0.25) is 0 Å². The van der Waals surface area contributed by atoms with Gasteiger partial charge < -0.3 is 14.6 Å². The van der Waals surface area contributed by atoms with E-state index in [1.165, 1.54) is 11.3 Å². The molecule has 2 heterocycles. The molecular formula is C21H23ClN2O3S. The van der Waals surface area contributed by atoms with Gasteiger partial charge in [-0.05, 0) is 63.9 Å². The Labute approximate surface area is 173 Å². The summed E-state index contributed by atoms with van der Waals surface area (Å²) in [6, 6.07) is 5.62. The zero-order chi connectivity index (χ0) is 20.6. The number of nitrogens with zero attached hydrogens (tertiary/aromatic N) is 1. The molecule has 0 aliphatic rings. The van der Waals surface area contributed by atoms with E-state index in [2.05, 4.69) is 5.32 Å². The number of carbonyl (C=O) groups is 2. The molecule has 28 heavy (non-hydrogen) atoms. The molecule has 7 heteroatoms. The van der Waals surface area contributed by atoms with Gasteiger partial charge in [0.25, 0.3) is 5.91 Å². The smallest absolute Gasteiger partial charge is 0.341 e. The standard InChI is InChI=1S/C21H23ClN2O3S/c1-6-24-16-9-8-14(22)10-15(16)12(4)18(24)19(25)23-20-17(21(26)27-7-2)11(3)13(5)28-20/h8-10H,6-7H2,1-5H3,(H,23,25). The van der Waals surface area contributed by atoms with Crippen molar-refractivity contribution in [3.63, 3.8) is 0 Å². The van der Waals surface area contributed by atoms with Crippen LogP contribution < -0.4 is 5.32 Å². The number of aromatic nitrogens is 1. The molecule has 0 aliphatic carbocycles. The van der Waals surface area contributed by atoms with Crippen molar-refractivity contribution < 1.29 is 14.3 Å². The minimum atomic E-state index is -0.417. The highest BCUT2D eigenvalue weighted by molar-refractivity contribution is 7.16. The summed E-state index contributed by atoms with van der Waals surface area (Å²) in [6.07, 6.45) is 0. The van der Waals surface area contributed by atoms with Crippen LogP contribution in [0.2, 0.25) is 5.02 Å². The number of halogens is 1. The molecule has 0 radical (unpaired) electrons. The zero-order valence-corrected chi connectivity index (χ0v) is 18.2. The van der Waals surface area contributed by atoms with Crippen LogP contribution in [0.1, 0.15) is 50.7 Å².